The Morgan fingerprint density at radius 3 is 3.00 bits per heavy atom. The maximum Gasteiger partial charge on any atom is 0.335 e. The van der Waals surface area contributed by atoms with Crippen molar-refractivity contribution in [1.82, 2.24) is 0 Å². The number of carboxylic acids is 1. The number of halogens is 1. The molecule has 1 aliphatic heterocycles. The highest BCUT2D eigenvalue weighted by atomic mass is 19.1. The van der Waals surface area contributed by atoms with E-state index in [-0.39, 0.29) is 11.7 Å². The number of carbonyl (C=O) groups is 1. The molecule has 5 heteroatoms. The molecule has 0 bridgehead atoms. The molecule has 1 aromatic rings. The monoisotopic (exact) mass is 253 g/mol. The van der Waals surface area contributed by atoms with E-state index in [1.165, 1.54) is 12.1 Å². The Labute approximate surface area is 105 Å². The number of carboxylic acid groups (broad SMARTS) is 1. The smallest absolute Gasteiger partial charge is 0.335 e. The molecular formula is C13H16FNO3. The lowest BCUT2D eigenvalue weighted by Gasteiger charge is -2.24. The van der Waals surface area contributed by atoms with Gasteiger partial charge in [-0.1, -0.05) is 0 Å². The minimum absolute atomic E-state index is 0.0321. The molecule has 0 amide bonds. The van der Waals surface area contributed by atoms with Gasteiger partial charge in [0.2, 0.25) is 0 Å². The van der Waals surface area contributed by atoms with E-state index >= 15 is 0 Å². The lowest BCUT2D eigenvalue weighted by Crippen LogP contribution is -2.30. The van der Waals surface area contributed by atoms with Crippen molar-refractivity contribution in [3.05, 3.63) is 29.6 Å². The van der Waals surface area contributed by atoms with E-state index in [1.54, 1.807) is 0 Å². The van der Waals surface area contributed by atoms with Gasteiger partial charge in [0, 0.05) is 19.7 Å². The van der Waals surface area contributed by atoms with Crippen LogP contribution >= 0.6 is 0 Å². The predicted octanol–water partition coefficient (Wildman–Crippen LogP) is 2.14. The number of anilines is 1. The van der Waals surface area contributed by atoms with E-state index in [1.807, 2.05) is 11.8 Å². The first kappa shape index (κ1) is 12.8. The van der Waals surface area contributed by atoms with E-state index in [0.717, 1.165) is 12.5 Å². The normalized spacial score (nSPS) is 20.6. The Hall–Kier alpha value is -1.62. The standard InChI is InChI=1S/C13H16FNO3/c1-9-8-15(5-2-6-18-9)12-4-3-10(13(16)17)7-11(12)14/h3-4,7,9H,2,5-6,8H2,1H3,(H,16,17). The molecule has 0 aromatic heterocycles. The molecule has 0 aliphatic carbocycles. The Morgan fingerprint density at radius 2 is 2.33 bits per heavy atom. The van der Waals surface area contributed by atoms with Gasteiger partial charge in [-0.2, -0.15) is 0 Å². The molecule has 98 valence electrons. The Balaban J connectivity index is 2.24. The SMILES string of the molecule is CC1CN(c2ccc(C(=O)O)cc2F)CCCO1. The minimum Gasteiger partial charge on any atom is -0.478 e. The van der Waals surface area contributed by atoms with E-state index in [9.17, 15) is 9.18 Å². The molecule has 1 fully saturated rings. The molecular weight excluding hydrogens is 237 g/mol. The first-order valence-corrected chi connectivity index (χ1v) is 5.97. The third-order valence-corrected chi connectivity index (χ3v) is 2.99. The summed E-state index contributed by atoms with van der Waals surface area (Å²) in [5, 5.41) is 8.80. The second-order valence-corrected chi connectivity index (χ2v) is 4.45. The lowest BCUT2D eigenvalue weighted by atomic mass is 10.1. The van der Waals surface area contributed by atoms with Crippen molar-refractivity contribution >= 4 is 11.7 Å². The molecule has 1 atom stereocenters. The molecule has 1 N–H and O–H groups in total. The minimum atomic E-state index is -1.12. The first-order valence-electron chi connectivity index (χ1n) is 5.97. The molecule has 1 saturated heterocycles. The van der Waals surface area contributed by atoms with E-state index in [2.05, 4.69) is 0 Å². The number of ether oxygens (including phenoxy) is 1. The van der Waals surface area contributed by atoms with E-state index < -0.39 is 11.8 Å². The molecule has 1 aromatic carbocycles. The van der Waals surface area contributed by atoms with Gasteiger partial charge in [0.25, 0.3) is 0 Å². The van der Waals surface area contributed by atoms with Crippen molar-refractivity contribution in [2.45, 2.75) is 19.4 Å². The van der Waals surface area contributed by atoms with E-state index in [0.29, 0.717) is 25.4 Å². The van der Waals surface area contributed by atoms with Gasteiger partial charge in [0.15, 0.2) is 0 Å². The fraction of sp³-hybridized carbons (Fsp3) is 0.462. The molecule has 1 aliphatic rings. The zero-order valence-corrected chi connectivity index (χ0v) is 10.2. The number of hydrogen-bond donors (Lipinski definition) is 1. The van der Waals surface area contributed by atoms with Crippen molar-refractivity contribution in [2.75, 3.05) is 24.6 Å². The van der Waals surface area contributed by atoms with Crippen molar-refractivity contribution in [1.29, 1.82) is 0 Å². The van der Waals surface area contributed by atoms with Crippen LogP contribution in [0.3, 0.4) is 0 Å². The van der Waals surface area contributed by atoms with Gasteiger partial charge in [-0.25, -0.2) is 9.18 Å². The van der Waals surface area contributed by atoms with Gasteiger partial charge in [-0.15, -0.1) is 0 Å². The summed E-state index contributed by atoms with van der Waals surface area (Å²) >= 11 is 0. The molecule has 4 nitrogen and oxygen atoms in total. The highest BCUT2D eigenvalue weighted by Crippen LogP contribution is 2.22. The van der Waals surface area contributed by atoms with Crippen LogP contribution in [0.15, 0.2) is 18.2 Å². The fourth-order valence-corrected chi connectivity index (χ4v) is 2.11. The van der Waals surface area contributed by atoms with Gasteiger partial charge in [0.1, 0.15) is 5.82 Å². The molecule has 18 heavy (non-hydrogen) atoms. The maximum absolute atomic E-state index is 13.9. The Bertz CT molecular complexity index is 450. The summed E-state index contributed by atoms with van der Waals surface area (Å²) in [7, 11) is 0. The number of rotatable bonds is 2. The molecule has 1 heterocycles. The van der Waals surface area contributed by atoms with Gasteiger partial charge >= 0.3 is 5.97 Å². The van der Waals surface area contributed by atoms with Crippen molar-refractivity contribution in [2.24, 2.45) is 0 Å². The maximum atomic E-state index is 13.9. The molecule has 2 rings (SSSR count). The van der Waals surface area contributed by atoms with Crippen LogP contribution in [0.4, 0.5) is 10.1 Å². The summed E-state index contributed by atoms with van der Waals surface area (Å²) in [4.78, 5) is 12.6. The van der Waals surface area contributed by atoms with Gasteiger partial charge in [0.05, 0.1) is 17.4 Å². The molecule has 0 spiro atoms. The summed E-state index contributed by atoms with van der Waals surface area (Å²) in [5.74, 6) is -1.61. The molecule has 0 saturated carbocycles. The average Bonchev–Trinajstić information content (AvgIpc) is 2.53. The fourth-order valence-electron chi connectivity index (χ4n) is 2.11. The van der Waals surface area contributed by atoms with Crippen LogP contribution < -0.4 is 4.90 Å². The third-order valence-electron chi connectivity index (χ3n) is 2.99. The Morgan fingerprint density at radius 1 is 1.56 bits per heavy atom. The zero-order valence-electron chi connectivity index (χ0n) is 10.2. The second kappa shape index (κ2) is 5.35. The van der Waals surface area contributed by atoms with Crippen LogP contribution in [0.1, 0.15) is 23.7 Å². The highest BCUT2D eigenvalue weighted by Gasteiger charge is 2.19. The van der Waals surface area contributed by atoms with Crippen LogP contribution in [0.5, 0.6) is 0 Å². The van der Waals surface area contributed by atoms with Crippen LogP contribution in [0.25, 0.3) is 0 Å². The Kier molecular flexibility index (Phi) is 3.81. The molecule has 1 unspecified atom stereocenters. The zero-order chi connectivity index (χ0) is 13.1. The topological polar surface area (TPSA) is 49.8 Å². The average molecular weight is 253 g/mol. The van der Waals surface area contributed by atoms with E-state index in [4.69, 9.17) is 9.84 Å². The summed E-state index contributed by atoms with van der Waals surface area (Å²) in [6, 6.07) is 4.02. The number of nitrogens with zero attached hydrogens (tertiary/aromatic N) is 1. The van der Waals surface area contributed by atoms with Crippen molar-refractivity contribution < 1.29 is 19.0 Å². The highest BCUT2D eigenvalue weighted by molar-refractivity contribution is 5.88. The third kappa shape index (κ3) is 2.79. The summed E-state index contributed by atoms with van der Waals surface area (Å²) in [6.07, 6.45) is 0.885. The molecule has 0 radical (unpaired) electrons. The van der Waals surface area contributed by atoms with Gasteiger partial charge < -0.3 is 14.7 Å². The van der Waals surface area contributed by atoms with Gasteiger partial charge in [-0.3, -0.25) is 0 Å². The van der Waals surface area contributed by atoms with Crippen molar-refractivity contribution in [3.63, 3.8) is 0 Å². The van der Waals surface area contributed by atoms with Crippen molar-refractivity contribution in [3.8, 4) is 0 Å². The van der Waals surface area contributed by atoms with Gasteiger partial charge in [-0.05, 0) is 31.5 Å². The largest absolute Gasteiger partial charge is 0.478 e. The van der Waals surface area contributed by atoms with Crippen LogP contribution in [-0.4, -0.2) is 36.9 Å². The lowest BCUT2D eigenvalue weighted by molar-refractivity contribution is 0.0696. The quantitative estimate of drug-likeness (QED) is 0.877. The van der Waals surface area contributed by atoms with Crippen LogP contribution in [0, 0.1) is 5.82 Å². The summed E-state index contributed by atoms with van der Waals surface area (Å²) < 4.78 is 19.4. The summed E-state index contributed by atoms with van der Waals surface area (Å²) in [6.45, 7) is 3.95. The second-order valence-electron chi connectivity index (χ2n) is 4.45. The number of hydrogen-bond acceptors (Lipinski definition) is 3. The first-order chi connectivity index (χ1) is 8.58. The predicted molar refractivity (Wildman–Crippen MR) is 65.6 cm³/mol. The van der Waals surface area contributed by atoms with Crippen LogP contribution in [0.2, 0.25) is 0 Å². The van der Waals surface area contributed by atoms with Crippen LogP contribution in [-0.2, 0) is 4.74 Å². The number of benzene rings is 1. The summed E-state index contributed by atoms with van der Waals surface area (Å²) in [5.41, 5.74) is 0.410. The number of aromatic carboxylic acids is 1.